The van der Waals surface area contributed by atoms with Crippen LogP contribution < -0.4 is 0 Å². The first-order valence-corrected chi connectivity index (χ1v) is 8.60. The highest BCUT2D eigenvalue weighted by Crippen LogP contribution is 2.42. The lowest BCUT2D eigenvalue weighted by molar-refractivity contribution is 0.386. The Morgan fingerprint density at radius 2 is 1.92 bits per heavy atom. The molecule has 1 fully saturated rings. The fourth-order valence-electron chi connectivity index (χ4n) is 3.59. The summed E-state index contributed by atoms with van der Waals surface area (Å²) >= 11 is 6.27. The molecule has 1 unspecified atom stereocenters. The SMILES string of the molecule is CCCN1CCN2C1=Nc1ccc(Cl)cc1C2c1ccccc1.Cl. The van der Waals surface area contributed by atoms with Crippen LogP contribution in [0.4, 0.5) is 5.69 Å². The largest absolute Gasteiger partial charge is 0.341 e. The molecule has 0 N–H and O–H groups in total. The van der Waals surface area contributed by atoms with Gasteiger partial charge in [0.25, 0.3) is 0 Å². The summed E-state index contributed by atoms with van der Waals surface area (Å²) in [5.41, 5.74) is 3.53. The third-order valence-electron chi connectivity index (χ3n) is 4.58. The minimum atomic E-state index is 0. The molecule has 0 radical (unpaired) electrons. The number of hydrogen-bond acceptors (Lipinski definition) is 3. The quantitative estimate of drug-likeness (QED) is 0.775. The van der Waals surface area contributed by atoms with E-state index in [9.17, 15) is 0 Å². The van der Waals surface area contributed by atoms with E-state index in [0.717, 1.165) is 42.7 Å². The fourth-order valence-corrected chi connectivity index (χ4v) is 3.77. The Morgan fingerprint density at radius 1 is 1.12 bits per heavy atom. The van der Waals surface area contributed by atoms with Crippen LogP contribution in [-0.4, -0.2) is 35.4 Å². The summed E-state index contributed by atoms with van der Waals surface area (Å²) in [6.07, 6.45) is 1.14. The summed E-state index contributed by atoms with van der Waals surface area (Å²) < 4.78 is 0. The van der Waals surface area contributed by atoms with E-state index in [0.29, 0.717) is 0 Å². The van der Waals surface area contributed by atoms with Gasteiger partial charge in [0.15, 0.2) is 0 Å². The average Bonchev–Trinajstić information content (AvgIpc) is 2.96. The highest BCUT2D eigenvalue weighted by Gasteiger charge is 2.37. The van der Waals surface area contributed by atoms with Gasteiger partial charge in [0.1, 0.15) is 0 Å². The van der Waals surface area contributed by atoms with Crippen molar-refractivity contribution in [1.82, 2.24) is 9.80 Å². The Labute approximate surface area is 154 Å². The second kappa shape index (κ2) is 7.04. The summed E-state index contributed by atoms with van der Waals surface area (Å²) in [6, 6.07) is 16.9. The molecule has 5 heteroatoms. The summed E-state index contributed by atoms with van der Waals surface area (Å²) in [5.74, 6) is 1.11. The second-order valence-corrected chi connectivity index (χ2v) is 6.55. The van der Waals surface area contributed by atoms with Gasteiger partial charge in [-0.15, -0.1) is 12.4 Å². The van der Waals surface area contributed by atoms with Gasteiger partial charge in [-0.05, 0) is 30.2 Å². The van der Waals surface area contributed by atoms with E-state index in [1.54, 1.807) is 0 Å². The van der Waals surface area contributed by atoms with Crippen molar-refractivity contribution in [2.24, 2.45) is 4.99 Å². The van der Waals surface area contributed by atoms with Crippen LogP contribution in [0.1, 0.15) is 30.5 Å². The maximum Gasteiger partial charge on any atom is 0.202 e. The van der Waals surface area contributed by atoms with Crippen LogP contribution in [0.25, 0.3) is 0 Å². The third kappa shape index (κ3) is 2.87. The molecule has 0 spiro atoms. The predicted octanol–water partition coefficient (Wildman–Crippen LogP) is 4.88. The first-order valence-electron chi connectivity index (χ1n) is 8.22. The Balaban J connectivity index is 0.00000169. The molecule has 126 valence electrons. The number of rotatable bonds is 3. The van der Waals surface area contributed by atoms with E-state index >= 15 is 0 Å². The minimum absolute atomic E-state index is 0. The van der Waals surface area contributed by atoms with Crippen LogP contribution in [-0.2, 0) is 0 Å². The van der Waals surface area contributed by atoms with Gasteiger partial charge in [0.05, 0.1) is 11.7 Å². The molecule has 0 amide bonds. The van der Waals surface area contributed by atoms with Gasteiger partial charge in [-0.25, -0.2) is 4.99 Å². The van der Waals surface area contributed by atoms with E-state index in [4.69, 9.17) is 16.6 Å². The highest BCUT2D eigenvalue weighted by atomic mass is 35.5. The first-order chi connectivity index (χ1) is 11.3. The van der Waals surface area contributed by atoms with Gasteiger partial charge in [-0.3, -0.25) is 0 Å². The Kier molecular flexibility index (Phi) is 5.02. The number of guanidine groups is 1. The lowest BCUT2D eigenvalue weighted by atomic mass is 9.95. The minimum Gasteiger partial charge on any atom is -0.341 e. The lowest BCUT2D eigenvalue weighted by Gasteiger charge is -2.35. The van der Waals surface area contributed by atoms with Gasteiger partial charge in [0.2, 0.25) is 5.96 Å². The molecule has 0 aliphatic carbocycles. The normalized spacial score (nSPS) is 18.6. The maximum absolute atomic E-state index is 6.27. The molecule has 2 aliphatic rings. The second-order valence-electron chi connectivity index (χ2n) is 6.11. The number of hydrogen-bond donors (Lipinski definition) is 0. The zero-order valence-corrected chi connectivity index (χ0v) is 15.2. The van der Waals surface area contributed by atoms with Crippen LogP contribution >= 0.6 is 24.0 Å². The van der Waals surface area contributed by atoms with E-state index in [2.05, 4.69) is 53.1 Å². The van der Waals surface area contributed by atoms with E-state index in [-0.39, 0.29) is 18.4 Å². The molecule has 2 heterocycles. The Hall–Kier alpha value is -1.71. The monoisotopic (exact) mass is 361 g/mol. The zero-order chi connectivity index (χ0) is 15.8. The van der Waals surface area contributed by atoms with Crippen molar-refractivity contribution in [3.8, 4) is 0 Å². The number of nitrogens with zero attached hydrogens (tertiary/aromatic N) is 3. The topological polar surface area (TPSA) is 18.8 Å². The van der Waals surface area contributed by atoms with Crippen molar-refractivity contribution in [3.63, 3.8) is 0 Å². The number of benzene rings is 2. The standard InChI is InChI=1S/C19H20ClN3.ClH/c1-2-10-22-11-12-23-18(14-6-4-3-5-7-14)16-13-15(20)8-9-17(16)21-19(22)23;/h3-9,13,18H,2,10-12H2,1H3;1H. The van der Waals surface area contributed by atoms with Crippen LogP contribution in [0.5, 0.6) is 0 Å². The molecule has 3 nitrogen and oxygen atoms in total. The first kappa shape index (κ1) is 17.1. The molecule has 2 aliphatic heterocycles. The average molecular weight is 362 g/mol. The van der Waals surface area contributed by atoms with Crippen molar-refractivity contribution < 1.29 is 0 Å². The van der Waals surface area contributed by atoms with Gasteiger partial charge < -0.3 is 9.80 Å². The maximum atomic E-state index is 6.27. The molecule has 1 saturated heterocycles. The van der Waals surface area contributed by atoms with Crippen LogP contribution in [0.15, 0.2) is 53.5 Å². The lowest BCUT2D eigenvalue weighted by Crippen LogP contribution is -2.39. The molecule has 1 atom stereocenters. The van der Waals surface area contributed by atoms with Crippen LogP contribution in [0.2, 0.25) is 5.02 Å². The van der Waals surface area contributed by atoms with Crippen molar-refractivity contribution in [1.29, 1.82) is 0 Å². The van der Waals surface area contributed by atoms with E-state index < -0.39 is 0 Å². The molecular weight excluding hydrogens is 341 g/mol. The molecule has 0 aromatic heterocycles. The summed E-state index contributed by atoms with van der Waals surface area (Å²) in [6.45, 7) is 5.32. The van der Waals surface area contributed by atoms with Crippen molar-refractivity contribution >= 4 is 35.7 Å². The van der Waals surface area contributed by atoms with Crippen molar-refractivity contribution in [2.45, 2.75) is 19.4 Å². The molecule has 2 aromatic rings. The molecule has 24 heavy (non-hydrogen) atoms. The molecule has 0 saturated carbocycles. The van der Waals surface area contributed by atoms with Gasteiger partial charge >= 0.3 is 0 Å². The van der Waals surface area contributed by atoms with Gasteiger partial charge in [0, 0.05) is 30.2 Å². The summed E-state index contributed by atoms with van der Waals surface area (Å²) in [5, 5.41) is 0.771. The number of halogens is 2. The molecular formula is C19H21Cl2N3. The third-order valence-corrected chi connectivity index (χ3v) is 4.81. The summed E-state index contributed by atoms with van der Waals surface area (Å²) in [7, 11) is 0. The molecule has 4 rings (SSSR count). The van der Waals surface area contributed by atoms with Gasteiger partial charge in [-0.2, -0.15) is 0 Å². The van der Waals surface area contributed by atoms with Crippen molar-refractivity contribution in [2.75, 3.05) is 19.6 Å². The fraction of sp³-hybridized carbons (Fsp3) is 0.316. The van der Waals surface area contributed by atoms with E-state index in [1.165, 1.54) is 11.1 Å². The number of fused-ring (bicyclic) bond motifs is 2. The summed E-state index contributed by atoms with van der Waals surface area (Å²) in [4.78, 5) is 9.75. The van der Waals surface area contributed by atoms with Crippen LogP contribution in [0.3, 0.4) is 0 Å². The number of aliphatic imine (C=N–C) groups is 1. The zero-order valence-electron chi connectivity index (χ0n) is 13.7. The van der Waals surface area contributed by atoms with Gasteiger partial charge in [-0.1, -0.05) is 48.9 Å². The highest BCUT2D eigenvalue weighted by molar-refractivity contribution is 6.30. The molecule has 0 bridgehead atoms. The Bertz CT molecular complexity index is 746. The smallest absolute Gasteiger partial charge is 0.202 e. The Morgan fingerprint density at radius 3 is 2.67 bits per heavy atom. The van der Waals surface area contributed by atoms with Crippen molar-refractivity contribution in [3.05, 3.63) is 64.7 Å². The predicted molar refractivity (Wildman–Crippen MR) is 103 cm³/mol. The van der Waals surface area contributed by atoms with Crippen LogP contribution in [0, 0.1) is 0 Å². The molecule has 2 aromatic carbocycles. The van der Waals surface area contributed by atoms with E-state index in [1.807, 2.05) is 12.1 Å².